The third-order valence-corrected chi connectivity index (χ3v) is 4.07. The molecule has 0 spiro atoms. The molecule has 1 fully saturated rings. The lowest BCUT2D eigenvalue weighted by Gasteiger charge is -2.26. The van der Waals surface area contributed by atoms with Gasteiger partial charge in [-0.2, -0.15) is 0 Å². The zero-order valence-electron chi connectivity index (χ0n) is 12.1. The van der Waals surface area contributed by atoms with Crippen molar-refractivity contribution in [3.8, 4) is 0 Å². The summed E-state index contributed by atoms with van der Waals surface area (Å²) in [5, 5.41) is 11.1. The lowest BCUT2D eigenvalue weighted by atomic mass is 10.0. The fraction of sp³-hybridized carbons (Fsp3) is 0.500. The van der Waals surface area contributed by atoms with Crippen LogP contribution in [-0.2, 0) is 11.2 Å². The van der Waals surface area contributed by atoms with Gasteiger partial charge in [-0.25, -0.2) is 0 Å². The Morgan fingerprint density at radius 2 is 2.09 bits per heavy atom. The molecule has 1 amide bonds. The summed E-state index contributed by atoms with van der Waals surface area (Å²) in [4.78, 5) is 24.0. The first-order chi connectivity index (χ1) is 10.5. The average Bonchev–Trinajstić information content (AvgIpc) is 2.49. The third-order valence-electron chi connectivity index (χ3n) is 3.63. The minimum atomic E-state index is -0.700. The van der Waals surface area contributed by atoms with Gasteiger partial charge in [0, 0.05) is 24.7 Å². The van der Waals surface area contributed by atoms with E-state index < -0.39 is 10.8 Å². The molecule has 0 radical (unpaired) electrons. The SMILES string of the molecule is NC(=O)c1cc(CCCN2CCOCC2)c(Cl)c([N+](=O)[O-])c1. The van der Waals surface area contributed by atoms with Gasteiger partial charge in [-0.3, -0.25) is 19.8 Å². The molecule has 8 heteroatoms. The Morgan fingerprint density at radius 3 is 2.68 bits per heavy atom. The molecular formula is C14H18ClN3O4. The van der Waals surface area contributed by atoms with E-state index in [1.54, 1.807) is 0 Å². The van der Waals surface area contributed by atoms with E-state index in [2.05, 4.69) is 4.90 Å². The van der Waals surface area contributed by atoms with Crippen LogP contribution in [0.15, 0.2) is 12.1 Å². The van der Waals surface area contributed by atoms with E-state index in [4.69, 9.17) is 22.1 Å². The summed E-state index contributed by atoms with van der Waals surface area (Å²) in [6.45, 7) is 4.07. The van der Waals surface area contributed by atoms with E-state index in [-0.39, 0.29) is 16.3 Å². The number of primary amides is 1. The number of benzene rings is 1. The van der Waals surface area contributed by atoms with Gasteiger partial charge in [0.15, 0.2) is 0 Å². The number of rotatable bonds is 6. The Hall–Kier alpha value is -1.70. The Balaban J connectivity index is 2.08. The normalized spacial score (nSPS) is 15.7. The predicted octanol–water partition coefficient (Wildman–Crippen LogP) is 1.61. The van der Waals surface area contributed by atoms with Crippen LogP contribution < -0.4 is 5.73 Å². The van der Waals surface area contributed by atoms with Crippen LogP contribution in [0.2, 0.25) is 5.02 Å². The van der Waals surface area contributed by atoms with E-state index in [0.717, 1.165) is 45.3 Å². The molecule has 22 heavy (non-hydrogen) atoms. The maximum atomic E-state index is 11.3. The molecule has 0 unspecified atom stereocenters. The topological polar surface area (TPSA) is 98.7 Å². The molecule has 1 aliphatic heterocycles. The molecule has 7 nitrogen and oxygen atoms in total. The molecule has 2 N–H and O–H groups in total. The van der Waals surface area contributed by atoms with Crippen molar-refractivity contribution in [2.45, 2.75) is 12.8 Å². The van der Waals surface area contributed by atoms with Crippen LogP contribution in [0.1, 0.15) is 22.3 Å². The second-order valence-corrected chi connectivity index (χ2v) is 5.53. The standard InChI is InChI=1S/C14H18ClN3O4/c15-13-10(2-1-3-17-4-6-22-7-5-17)8-11(14(16)19)9-12(13)18(20)21/h8-9H,1-7H2,(H2,16,19). The van der Waals surface area contributed by atoms with Crippen molar-refractivity contribution >= 4 is 23.2 Å². The molecule has 1 heterocycles. The maximum Gasteiger partial charge on any atom is 0.288 e. The first kappa shape index (κ1) is 16.7. The number of nitro benzene ring substituents is 1. The maximum absolute atomic E-state index is 11.3. The number of nitrogens with two attached hydrogens (primary N) is 1. The van der Waals surface area contributed by atoms with Crippen LogP contribution in [0.3, 0.4) is 0 Å². The largest absolute Gasteiger partial charge is 0.379 e. The van der Waals surface area contributed by atoms with Crippen molar-refractivity contribution in [2.75, 3.05) is 32.8 Å². The van der Waals surface area contributed by atoms with Crippen molar-refractivity contribution in [3.05, 3.63) is 38.4 Å². The third kappa shape index (κ3) is 4.16. The zero-order valence-corrected chi connectivity index (χ0v) is 12.8. The number of halogens is 1. The number of hydrogen-bond donors (Lipinski definition) is 1. The fourth-order valence-electron chi connectivity index (χ4n) is 2.44. The van der Waals surface area contributed by atoms with E-state index in [0.29, 0.717) is 12.0 Å². The highest BCUT2D eigenvalue weighted by atomic mass is 35.5. The summed E-state index contributed by atoms with van der Waals surface area (Å²) < 4.78 is 5.28. The smallest absolute Gasteiger partial charge is 0.288 e. The van der Waals surface area contributed by atoms with Crippen LogP contribution in [-0.4, -0.2) is 48.6 Å². The molecule has 1 aliphatic rings. The van der Waals surface area contributed by atoms with Crippen molar-refractivity contribution in [3.63, 3.8) is 0 Å². The van der Waals surface area contributed by atoms with Gasteiger partial charge in [0.05, 0.1) is 18.1 Å². The molecule has 120 valence electrons. The minimum absolute atomic E-state index is 0.0805. The van der Waals surface area contributed by atoms with Gasteiger partial charge >= 0.3 is 0 Å². The second-order valence-electron chi connectivity index (χ2n) is 5.15. The summed E-state index contributed by atoms with van der Waals surface area (Å²) in [6, 6.07) is 2.66. The van der Waals surface area contributed by atoms with Gasteiger partial charge in [-0.05, 0) is 31.0 Å². The second kappa shape index (κ2) is 7.53. The van der Waals surface area contributed by atoms with Gasteiger partial charge in [0.1, 0.15) is 5.02 Å². The number of aryl methyl sites for hydroxylation is 1. The number of morpholine rings is 1. The Bertz CT molecular complexity index is 573. The molecule has 1 aromatic rings. The number of carbonyl (C=O) groups is 1. The number of nitro groups is 1. The first-order valence-electron chi connectivity index (χ1n) is 7.05. The van der Waals surface area contributed by atoms with Crippen molar-refractivity contribution in [2.24, 2.45) is 5.73 Å². The summed E-state index contributed by atoms with van der Waals surface area (Å²) in [5.41, 5.74) is 5.63. The van der Waals surface area contributed by atoms with Crippen LogP contribution in [0, 0.1) is 10.1 Å². The molecule has 1 aromatic carbocycles. The lowest BCUT2D eigenvalue weighted by molar-refractivity contribution is -0.384. The molecule has 0 aromatic heterocycles. The first-order valence-corrected chi connectivity index (χ1v) is 7.43. The molecule has 0 bridgehead atoms. The number of amides is 1. The molecule has 1 saturated heterocycles. The highest BCUT2D eigenvalue weighted by Crippen LogP contribution is 2.30. The minimum Gasteiger partial charge on any atom is -0.379 e. The van der Waals surface area contributed by atoms with Gasteiger partial charge in [-0.1, -0.05) is 11.6 Å². The summed E-state index contributed by atoms with van der Waals surface area (Å²) >= 11 is 6.07. The van der Waals surface area contributed by atoms with Crippen molar-refractivity contribution < 1.29 is 14.5 Å². The van der Waals surface area contributed by atoms with Crippen molar-refractivity contribution in [1.29, 1.82) is 0 Å². The Labute approximate surface area is 133 Å². The molecular weight excluding hydrogens is 310 g/mol. The highest BCUT2D eigenvalue weighted by molar-refractivity contribution is 6.33. The van der Waals surface area contributed by atoms with E-state index in [1.807, 2.05) is 0 Å². The summed E-state index contributed by atoms with van der Waals surface area (Å²) in [6.07, 6.45) is 1.34. The number of nitrogens with zero attached hydrogens (tertiary/aromatic N) is 2. The van der Waals surface area contributed by atoms with Gasteiger partial charge in [-0.15, -0.1) is 0 Å². The predicted molar refractivity (Wildman–Crippen MR) is 82.2 cm³/mol. The van der Waals surface area contributed by atoms with Crippen molar-refractivity contribution in [1.82, 2.24) is 4.90 Å². The van der Waals surface area contributed by atoms with Gasteiger partial charge in [0.25, 0.3) is 5.69 Å². The molecule has 0 aliphatic carbocycles. The number of hydrogen-bond acceptors (Lipinski definition) is 5. The summed E-state index contributed by atoms with van der Waals surface area (Å²) in [5.74, 6) is -0.700. The van der Waals surface area contributed by atoms with Crippen LogP contribution in [0.4, 0.5) is 5.69 Å². The van der Waals surface area contributed by atoms with Crippen LogP contribution in [0.25, 0.3) is 0 Å². The van der Waals surface area contributed by atoms with E-state index in [9.17, 15) is 14.9 Å². The quantitative estimate of drug-likeness (QED) is 0.632. The fourth-order valence-corrected chi connectivity index (χ4v) is 2.72. The Morgan fingerprint density at radius 1 is 1.41 bits per heavy atom. The molecule has 2 rings (SSSR count). The number of ether oxygens (including phenoxy) is 1. The monoisotopic (exact) mass is 327 g/mol. The molecule has 0 atom stereocenters. The summed E-state index contributed by atoms with van der Waals surface area (Å²) in [7, 11) is 0. The van der Waals surface area contributed by atoms with Crippen LogP contribution in [0.5, 0.6) is 0 Å². The zero-order chi connectivity index (χ0) is 16.1. The van der Waals surface area contributed by atoms with E-state index in [1.165, 1.54) is 6.07 Å². The highest BCUT2D eigenvalue weighted by Gasteiger charge is 2.20. The van der Waals surface area contributed by atoms with Gasteiger partial charge in [0.2, 0.25) is 5.91 Å². The Kier molecular flexibility index (Phi) is 5.70. The van der Waals surface area contributed by atoms with Gasteiger partial charge < -0.3 is 10.5 Å². The van der Waals surface area contributed by atoms with E-state index >= 15 is 0 Å². The average molecular weight is 328 g/mol. The molecule has 0 saturated carbocycles. The van der Waals surface area contributed by atoms with Crippen LogP contribution >= 0.6 is 11.6 Å². The lowest BCUT2D eigenvalue weighted by Crippen LogP contribution is -2.36. The number of carbonyl (C=O) groups excluding carboxylic acids is 1.